The molecular weight excluding hydrogens is 496 g/mol. The molecule has 190 valence electrons. The first-order valence-electron chi connectivity index (χ1n) is 10.7. The van der Waals surface area contributed by atoms with Crippen LogP contribution >= 0.6 is 0 Å². The van der Waals surface area contributed by atoms with Gasteiger partial charge in [-0.1, -0.05) is 11.2 Å². The van der Waals surface area contributed by atoms with E-state index < -0.39 is 35.5 Å². The Kier molecular flexibility index (Phi) is 6.96. The van der Waals surface area contributed by atoms with Crippen LogP contribution in [0.5, 0.6) is 0 Å². The molecule has 37 heavy (non-hydrogen) atoms. The Morgan fingerprint density at radius 3 is 2.54 bits per heavy atom. The SMILES string of the molecule is Cc1ccc(NC(=O)c2cc([C@H](C)NC(=O)c3cc(-c4cccnc4F)ncn3)no2)cc1C(F)(F)F. The third-order valence-electron chi connectivity index (χ3n) is 5.28. The maximum Gasteiger partial charge on any atom is 0.416 e. The number of hydrogen-bond donors (Lipinski definition) is 2. The van der Waals surface area contributed by atoms with Gasteiger partial charge in [-0.2, -0.15) is 17.6 Å². The van der Waals surface area contributed by atoms with Crippen LogP contribution in [0.3, 0.4) is 0 Å². The van der Waals surface area contributed by atoms with Gasteiger partial charge in [-0.05, 0) is 49.7 Å². The lowest BCUT2D eigenvalue weighted by atomic mass is 10.1. The van der Waals surface area contributed by atoms with Crippen molar-refractivity contribution in [3.05, 3.63) is 89.2 Å². The zero-order valence-electron chi connectivity index (χ0n) is 19.3. The standard InChI is InChI=1S/C24H18F4N6O3/c1-12-5-6-14(8-16(12)24(26,27)28)33-23(36)20-10-17(34-37-20)13(2)32-22(35)19-9-18(30-11-31-19)15-4-3-7-29-21(15)25/h3-11,13H,1-2H3,(H,32,35)(H,33,36)/t13-/m0/s1. The molecule has 2 N–H and O–H groups in total. The molecule has 3 aromatic heterocycles. The van der Waals surface area contributed by atoms with Gasteiger partial charge in [0.05, 0.1) is 22.9 Å². The molecule has 0 saturated carbocycles. The zero-order chi connectivity index (χ0) is 26.7. The van der Waals surface area contributed by atoms with Gasteiger partial charge in [0.1, 0.15) is 17.7 Å². The first-order valence-corrected chi connectivity index (χ1v) is 10.7. The number of aryl methyl sites for hydroxylation is 1. The predicted molar refractivity (Wildman–Crippen MR) is 122 cm³/mol. The van der Waals surface area contributed by atoms with Crippen molar-refractivity contribution in [3.63, 3.8) is 0 Å². The molecule has 13 heteroatoms. The average Bonchev–Trinajstić information content (AvgIpc) is 3.36. The van der Waals surface area contributed by atoms with Crippen molar-refractivity contribution in [1.82, 2.24) is 25.4 Å². The van der Waals surface area contributed by atoms with Crippen LogP contribution in [0.4, 0.5) is 23.2 Å². The first kappa shape index (κ1) is 25.4. The number of rotatable bonds is 6. The Labute approximate surface area is 207 Å². The number of anilines is 1. The van der Waals surface area contributed by atoms with Gasteiger partial charge in [0.2, 0.25) is 11.7 Å². The van der Waals surface area contributed by atoms with E-state index in [0.717, 1.165) is 12.4 Å². The lowest BCUT2D eigenvalue weighted by Crippen LogP contribution is -2.27. The average molecular weight is 514 g/mol. The van der Waals surface area contributed by atoms with Crippen molar-refractivity contribution in [2.24, 2.45) is 0 Å². The number of carbonyl (C=O) groups is 2. The summed E-state index contributed by atoms with van der Waals surface area (Å²) >= 11 is 0. The maximum absolute atomic E-state index is 14.0. The number of halogens is 4. The molecule has 4 rings (SSSR count). The third kappa shape index (κ3) is 5.77. The Bertz CT molecular complexity index is 1470. The molecule has 0 radical (unpaired) electrons. The molecule has 2 amide bonds. The molecule has 1 atom stereocenters. The molecule has 0 saturated heterocycles. The van der Waals surface area contributed by atoms with Crippen LogP contribution in [0.2, 0.25) is 0 Å². The molecule has 1 aromatic carbocycles. The molecule has 0 bridgehead atoms. The number of aromatic nitrogens is 4. The van der Waals surface area contributed by atoms with E-state index in [1.807, 2.05) is 0 Å². The molecule has 0 aliphatic heterocycles. The highest BCUT2D eigenvalue weighted by Gasteiger charge is 2.32. The first-order chi connectivity index (χ1) is 17.5. The minimum absolute atomic E-state index is 0.0124. The van der Waals surface area contributed by atoms with E-state index in [1.54, 1.807) is 6.92 Å². The fourth-order valence-corrected chi connectivity index (χ4v) is 3.35. The van der Waals surface area contributed by atoms with Gasteiger partial charge in [0, 0.05) is 18.0 Å². The van der Waals surface area contributed by atoms with Gasteiger partial charge in [0.15, 0.2) is 0 Å². The number of hydrogen-bond acceptors (Lipinski definition) is 7. The molecule has 0 fully saturated rings. The van der Waals surface area contributed by atoms with Crippen molar-refractivity contribution in [1.29, 1.82) is 0 Å². The highest BCUT2D eigenvalue weighted by molar-refractivity contribution is 6.02. The summed E-state index contributed by atoms with van der Waals surface area (Å²) in [6, 6.07) is 8.16. The minimum Gasteiger partial charge on any atom is -0.351 e. The van der Waals surface area contributed by atoms with Gasteiger partial charge < -0.3 is 15.2 Å². The van der Waals surface area contributed by atoms with Crippen LogP contribution in [-0.2, 0) is 6.18 Å². The van der Waals surface area contributed by atoms with Crippen LogP contribution in [-0.4, -0.2) is 31.9 Å². The quantitative estimate of drug-likeness (QED) is 0.282. The Hall–Kier alpha value is -4.68. The summed E-state index contributed by atoms with van der Waals surface area (Å²) in [4.78, 5) is 36.6. The van der Waals surface area contributed by atoms with E-state index in [-0.39, 0.29) is 39.7 Å². The van der Waals surface area contributed by atoms with E-state index >= 15 is 0 Å². The molecular formula is C24H18F4N6O3. The Morgan fingerprint density at radius 2 is 1.81 bits per heavy atom. The topological polar surface area (TPSA) is 123 Å². The second kappa shape index (κ2) is 10.1. The van der Waals surface area contributed by atoms with E-state index in [9.17, 15) is 27.2 Å². The van der Waals surface area contributed by atoms with Crippen LogP contribution in [0.15, 0.2) is 59.5 Å². The minimum atomic E-state index is -4.57. The van der Waals surface area contributed by atoms with Crippen LogP contribution in [0.25, 0.3) is 11.3 Å². The fraction of sp³-hybridized carbons (Fsp3) is 0.167. The van der Waals surface area contributed by atoms with Crippen LogP contribution in [0.1, 0.15) is 50.8 Å². The monoisotopic (exact) mass is 514 g/mol. The smallest absolute Gasteiger partial charge is 0.351 e. The van der Waals surface area contributed by atoms with Crippen LogP contribution < -0.4 is 10.6 Å². The van der Waals surface area contributed by atoms with Gasteiger partial charge >= 0.3 is 6.18 Å². The number of amides is 2. The highest BCUT2D eigenvalue weighted by atomic mass is 19.4. The summed E-state index contributed by atoms with van der Waals surface area (Å²) in [7, 11) is 0. The highest BCUT2D eigenvalue weighted by Crippen LogP contribution is 2.33. The van der Waals surface area contributed by atoms with Crippen molar-refractivity contribution in [3.8, 4) is 11.3 Å². The number of nitrogens with one attached hydrogen (secondary N) is 2. The van der Waals surface area contributed by atoms with Crippen molar-refractivity contribution >= 4 is 17.5 Å². The molecule has 0 unspecified atom stereocenters. The van der Waals surface area contributed by atoms with E-state index in [2.05, 4.69) is 30.7 Å². The summed E-state index contributed by atoms with van der Waals surface area (Å²) in [5, 5.41) is 8.70. The number of benzene rings is 1. The van der Waals surface area contributed by atoms with Crippen LogP contribution in [0, 0.1) is 12.9 Å². The van der Waals surface area contributed by atoms with E-state index in [0.29, 0.717) is 0 Å². The maximum atomic E-state index is 14.0. The van der Waals surface area contributed by atoms with Gasteiger partial charge in [-0.25, -0.2) is 15.0 Å². The fourth-order valence-electron chi connectivity index (χ4n) is 3.35. The van der Waals surface area contributed by atoms with E-state index in [4.69, 9.17) is 4.52 Å². The second-order valence-electron chi connectivity index (χ2n) is 7.92. The van der Waals surface area contributed by atoms with Crippen molar-refractivity contribution in [2.45, 2.75) is 26.1 Å². The number of nitrogens with zero attached hydrogens (tertiary/aromatic N) is 4. The molecule has 4 aromatic rings. The third-order valence-corrected chi connectivity index (χ3v) is 5.28. The lowest BCUT2D eigenvalue weighted by molar-refractivity contribution is -0.138. The molecule has 9 nitrogen and oxygen atoms in total. The summed E-state index contributed by atoms with van der Waals surface area (Å²) in [5.41, 5.74) is -0.574. The van der Waals surface area contributed by atoms with Crippen molar-refractivity contribution in [2.75, 3.05) is 5.32 Å². The Balaban J connectivity index is 1.44. The van der Waals surface area contributed by atoms with Gasteiger partial charge in [0.25, 0.3) is 11.8 Å². The van der Waals surface area contributed by atoms with E-state index in [1.165, 1.54) is 49.5 Å². The summed E-state index contributed by atoms with van der Waals surface area (Å²) in [5.74, 6) is -2.49. The summed E-state index contributed by atoms with van der Waals surface area (Å²) in [6.45, 7) is 2.88. The number of pyridine rings is 1. The van der Waals surface area contributed by atoms with Gasteiger partial charge in [-0.15, -0.1) is 0 Å². The molecule has 0 spiro atoms. The Morgan fingerprint density at radius 1 is 1.03 bits per heavy atom. The molecule has 0 aliphatic carbocycles. The number of alkyl halides is 3. The lowest BCUT2D eigenvalue weighted by Gasteiger charge is -2.12. The molecule has 3 heterocycles. The normalized spacial score (nSPS) is 12.2. The van der Waals surface area contributed by atoms with Crippen molar-refractivity contribution < 1.29 is 31.7 Å². The summed E-state index contributed by atoms with van der Waals surface area (Å²) < 4.78 is 58.4. The number of carbonyl (C=O) groups excluding carboxylic acids is 2. The van der Waals surface area contributed by atoms with Gasteiger partial charge in [-0.3, -0.25) is 9.59 Å². The molecule has 0 aliphatic rings. The predicted octanol–water partition coefficient (Wildman–Crippen LogP) is 4.74. The second-order valence-corrected chi connectivity index (χ2v) is 7.92. The largest absolute Gasteiger partial charge is 0.416 e. The zero-order valence-corrected chi connectivity index (χ0v) is 19.3. The summed E-state index contributed by atoms with van der Waals surface area (Å²) in [6.07, 6.45) is -2.19.